The molecule has 8 nitrogen and oxygen atoms in total. The van der Waals surface area contributed by atoms with Gasteiger partial charge in [-0.1, -0.05) is 6.07 Å². The number of benzene rings is 1. The molecule has 1 aliphatic heterocycles. The van der Waals surface area contributed by atoms with Crippen molar-refractivity contribution >= 4 is 11.4 Å². The molecular weight excluding hydrogens is 256 g/mol. The number of hydrogen-bond acceptors (Lipinski definition) is 7. The summed E-state index contributed by atoms with van der Waals surface area (Å²) in [6, 6.07) is 5.68. The molecule has 1 saturated heterocycles. The van der Waals surface area contributed by atoms with Crippen LogP contribution in [0.1, 0.15) is 0 Å². The number of rotatable bonds is 4. The van der Waals surface area contributed by atoms with Crippen molar-refractivity contribution in [3.05, 3.63) is 34.4 Å². The molecule has 19 heavy (non-hydrogen) atoms. The van der Waals surface area contributed by atoms with Crippen LogP contribution in [0.4, 0.5) is 11.4 Å². The Bertz CT molecular complexity index is 468. The van der Waals surface area contributed by atoms with E-state index >= 15 is 0 Å². The summed E-state index contributed by atoms with van der Waals surface area (Å²) >= 11 is 0. The van der Waals surface area contributed by atoms with Gasteiger partial charge in [0.15, 0.2) is 6.23 Å². The molecule has 4 N–H and O–H groups in total. The number of hydrogen-bond donors (Lipinski definition) is 4. The van der Waals surface area contributed by atoms with E-state index in [-0.39, 0.29) is 5.69 Å². The van der Waals surface area contributed by atoms with Gasteiger partial charge in [0.2, 0.25) is 0 Å². The molecule has 0 aromatic heterocycles. The fourth-order valence-corrected chi connectivity index (χ4v) is 1.89. The summed E-state index contributed by atoms with van der Waals surface area (Å²) in [5.41, 5.74) is 0.279. The lowest BCUT2D eigenvalue weighted by atomic mass is 10.1. The van der Waals surface area contributed by atoms with Crippen molar-refractivity contribution in [2.75, 3.05) is 11.9 Å². The van der Waals surface area contributed by atoms with E-state index < -0.39 is 36.1 Å². The van der Waals surface area contributed by atoms with Crippen LogP contribution >= 0.6 is 0 Å². The number of nitrogens with one attached hydrogen (secondary N) is 1. The SMILES string of the molecule is O=[N+]([O-])c1cccc(N[C@@H]2O[C@@H](CO)[C@H](O)[C@@H]2O)c1. The lowest BCUT2D eigenvalue weighted by Gasteiger charge is -2.17. The third-order valence-electron chi connectivity index (χ3n) is 2.91. The first-order valence-corrected chi connectivity index (χ1v) is 5.66. The Morgan fingerprint density at radius 1 is 1.37 bits per heavy atom. The summed E-state index contributed by atoms with van der Waals surface area (Å²) < 4.78 is 5.21. The highest BCUT2D eigenvalue weighted by Crippen LogP contribution is 2.24. The lowest BCUT2D eigenvalue weighted by Crippen LogP contribution is -2.36. The van der Waals surface area contributed by atoms with E-state index in [1.807, 2.05) is 0 Å². The number of nitro benzene ring substituents is 1. The standard InChI is InChI=1S/C11H14N2O6/c14-5-8-9(15)10(16)11(19-8)12-6-2-1-3-7(4-6)13(17)18/h1-4,8-12,14-16H,5H2/t8-,9-,10-,11+/m0/s1. The van der Waals surface area contributed by atoms with Crippen LogP contribution in [0.5, 0.6) is 0 Å². The first-order valence-electron chi connectivity index (χ1n) is 5.66. The second-order valence-electron chi connectivity index (χ2n) is 4.21. The van der Waals surface area contributed by atoms with Crippen LogP contribution in [-0.4, -0.2) is 51.4 Å². The van der Waals surface area contributed by atoms with Gasteiger partial charge in [-0.25, -0.2) is 0 Å². The average Bonchev–Trinajstić information content (AvgIpc) is 2.67. The number of anilines is 1. The van der Waals surface area contributed by atoms with Gasteiger partial charge >= 0.3 is 0 Å². The topological polar surface area (TPSA) is 125 Å². The molecular formula is C11H14N2O6. The zero-order chi connectivity index (χ0) is 14.0. The minimum atomic E-state index is -1.23. The van der Waals surface area contributed by atoms with E-state index in [0.29, 0.717) is 5.69 Å². The van der Waals surface area contributed by atoms with Gasteiger partial charge in [0.05, 0.1) is 11.5 Å². The predicted molar refractivity (Wildman–Crippen MR) is 64.5 cm³/mol. The van der Waals surface area contributed by atoms with Crippen molar-refractivity contribution in [1.82, 2.24) is 0 Å². The van der Waals surface area contributed by atoms with Crippen LogP contribution in [0.2, 0.25) is 0 Å². The molecule has 0 amide bonds. The molecule has 1 aromatic rings. The molecule has 2 rings (SSSR count). The fraction of sp³-hybridized carbons (Fsp3) is 0.455. The summed E-state index contributed by atoms with van der Waals surface area (Å²) in [6.45, 7) is -0.425. The molecule has 1 heterocycles. The number of aliphatic hydroxyl groups excluding tert-OH is 3. The van der Waals surface area contributed by atoms with E-state index in [1.54, 1.807) is 6.07 Å². The molecule has 1 aromatic carbocycles. The summed E-state index contributed by atoms with van der Waals surface area (Å²) in [4.78, 5) is 10.1. The van der Waals surface area contributed by atoms with Crippen LogP contribution < -0.4 is 5.32 Å². The molecule has 0 radical (unpaired) electrons. The summed E-state index contributed by atoms with van der Waals surface area (Å²) in [7, 11) is 0. The third kappa shape index (κ3) is 2.82. The molecule has 4 atom stereocenters. The van der Waals surface area contributed by atoms with E-state index in [2.05, 4.69) is 5.32 Å². The molecule has 0 aliphatic carbocycles. The largest absolute Gasteiger partial charge is 0.394 e. The van der Waals surface area contributed by atoms with E-state index in [0.717, 1.165) is 0 Å². The highest BCUT2D eigenvalue weighted by Gasteiger charge is 2.42. The number of non-ortho nitro benzene ring substituents is 1. The van der Waals surface area contributed by atoms with E-state index in [9.17, 15) is 20.3 Å². The Kier molecular flexibility index (Phi) is 3.96. The minimum Gasteiger partial charge on any atom is -0.394 e. The monoisotopic (exact) mass is 270 g/mol. The molecule has 0 unspecified atom stereocenters. The minimum absolute atomic E-state index is 0.100. The fourth-order valence-electron chi connectivity index (χ4n) is 1.89. The van der Waals surface area contributed by atoms with Gasteiger partial charge < -0.3 is 25.4 Å². The first-order chi connectivity index (χ1) is 9.02. The molecule has 0 bridgehead atoms. The first kappa shape index (κ1) is 13.7. The van der Waals surface area contributed by atoms with Crippen molar-refractivity contribution in [2.45, 2.75) is 24.5 Å². The van der Waals surface area contributed by atoms with Crippen LogP contribution in [0.3, 0.4) is 0 Å². The van der Waals surface area contributed by atoms with Crippen molar-refractivity contribution in [1.29, 1.82) is 0 Å². The van der Waals surface area contributed by atoms with Crippen molar-refractivity contribution in [3.63, 3.8) is 0 Å². The Labute approximate surface area is 108 Å². The normalized spacial score (nSPS) is 30.3. The number of aliphatic hydroxyl groups is 3. The van der Waals surface area contributed by atoms with Gasteiger partial charge in [-0.15, -0.1) is 0 Å². The van der Waals surface area contributed by atoms with Crippen molar-refractivity contribution < 1.29 is 25.0 Å². The summed E-state index contributed by atoms with van der Waals surface area (Å²) in [5, 5.41) is 41.6. The van der Waals surface area contributed by atoms with Crippen molar-refractivity contribution in [3.8, 4) is 0 Å². The van der Waals surface area contributed by atoms with E-state index in [1.165, 1.54) is 18.2 Å². The Morgan fingerprint density at radius 2 is 2.11 bits per heavy atom. The molecule has 8 heteroatoms. The second-order valence-corrected chi connectivity index (χ2v) is 4.21. The Balaban J connectivity index is 2.09. The molecule has 104 valence electrons. The van der Waals surface area contributed by atoms with Crippen molar-refractivity contribution in [2.24, 2.45) is 0 Å². The van der Waals surface area contributed by atoms with E-state index in [4.69, 9.17) is 9.84 Å². The quantitative estimate of drug-likeness (QED) is 0.427. The Hall–Kier alpha value is -1.74. The van der Waals surface area contributed by atoms with Crippen LogP contribution in [0, 0.1) is 10.1 Å². The maximum absolute atomic E-state index is 10.6. The average molecular weight is 270 g/mol. The Morgan fingerprint density at radius 3 is 2.68 bits per heavy atom. The van der Waals surface area contributed by atoms with Crippen LogP contribution in [0.15, 0.2) is 24.3 Å². The lowest BCUT2D eigenvalue weighted by molar-refractivity contribution is -0.384. The number of nitrogens with zero attached hydrogens (tertiary/aromatic N) is 1. The highest BCUT2D eigenvalue weighted by molar-refractivity contribution is 5.51. The van der Waals surface area contributed by atoms with Gasteiger partial charge in [-0.2, -0.15) is 0 Å². The summed E-state index contributed by atoms with van der Waals surface area (Å²) in [6.07, 6.45) is -4.25. The van der Waals surface area contributed by atoms with Gasteiger partial charge in [0.1, 0.15) is 18.3 Å². The maximum Gasteiger partial charge on any atom is 0.271 e. The zero-order valence-corrected chi connectivity index (χ0v) is 9.84. The number of nitro groups is 1. The second kappa shape index (κ2) is 5.49. The summed E-state index contributed by atoms with van der Waals surface area (Å²) in [5.74, 6) is 0. The smallest absolute Gasteiger partial charge is 0.271 e. The third-order valence-corrected chi connectivity index (χ3v) is 2.91. The maximum atomic E-state index is 10.6. The number of ether oxygens (including phenoxy) is 1. The molecule has 0 spiro atoms. The molecule has 0 saturated carbocycles. The van der Waals surface area contributed by atoms with Crippen LogP contribution in [0.25, 0.3) is 0 Å². The van der Waals surface area contributed by atoms with Gasteiger partial charge in [0, 0.05) is 17.8 Å². The predicted octanol–water partition coefficient (Wildman–Crippen LogP) is -0.554. The highest BCUT2D eigenvalue weighted by atomic mass is 16.6. The van der Waals surface area contributed by atoms with Gasteiger partial charge in [-0.05, 0) is 6.07 Å². The van der Waals surface area contributed by atoms with Gasteiger partial charge in [0.25, 0.3) is 5.69 Å². The van der Waals surface area contributed by atoms with Gasteiger partial charge in [-0.3, -0.25) is 10.1 Å². The molecule has 1 aliphatic rings. The molecule has 1 fully saturated rings. The van der Waals surface area contributed by atoms with Crippen LogP contribution in [-0.2, 0) is 4.74 Å². The zero-order valence-electron chi connectivity index (χ0n) is 9.84.